The van der Waals surface area contributed by atoms with Crippen molar-refractivity contribution in [3.63, 3.8) is 0 Å². The van der Waals surface area contributed by atoms with Crippen molar-refractivity contribution in [3.05, 3.63) is 59.4 Å². The van der Waals surface area contributed by atoms with E-state index in [0.717, 1.165) is 22.8 Å². The van der Waals surface area contributed by atoms with E-state index in [1.165, 1.54) is 0 Å². The minimum absolute atomic E-state index is 0.0778. The number of aryl methyl sites for hydroxylation is 3. The van der Waals surface area contributed by atoms with Crippen LogP contribution in [0.3, 0.4) is 0 Å². The summed E-state index contributed by atoms with van der Waals surface area (Å²) in [6.45, 7) is 7.67. The lowest BCUT2D eigenvalue weighted by Gasteiger charge is -2.10. The third-order valence-corrected chi connectivity index (χ3v) is 4.09. The van der Waals surface area contributed by atoms with E-state index in [4.69, 9.17) is 4.74 Å². The van der Waals surface area contributed by atoms with E-state index < -0.39 is 0 Å². The van der Waals surface area contributed by atoms with Crippen LogP contribution in [0.5, 0.6) is 5.75 Å². The Bertz CT molecular complexity index is 932. The average Bonchev–Trinajstić information content (AvgIpc) is 2.87. The number of hydrogen-bond donors (Lipinski definition) is 1. The van der Waals surface area contributed by atoms with E-state index >= 15 is 0 Å². The number of ether oxygens (including phenoxy) is 1. The Morgan fingerprint density at radius 2 is 1.81 bits per heavy atom. The summed E-state index contributed by atoms with van der Waals surface area (Å²) in [5, 5.41) is 2.73. The lowest BCUT2D eigenvalue weighted by molar-refractivity contribution is -0.118. The molecule has 26 heavy (non-hydrogen) atoms. The molecule has 0 fully saturated rings. The van der Waals surface area contributed by atoms with Gasteiger partial charge in [0.1, 0.15) is 11.6 Å². The topological polar surface area (TPSA) is 81.9 Å². The Labute approximate surface area is 152 Å². The van der Waals surface area contributed by atoms with Crippen molar-refractivity contribution in [1.29, 1.82) is 0 Å². The molecule has 3 aromatic rings. The largest absolute Gasteiger partial charge is 0.483 e. The highest BCUT2D eigenvalue weighted by Crippen LogP contribution is 2.17. The summed E-state index contributed by atoms with van der Waals surface area (Å²) < 4.78 is 7.41. The molecule has 0 aliphatic heterocycles. The molecule has 0 spiro atoms. The van der Waals surface area contributed by atoms with Gasteiger partial charge in [-0.3, -0.25) is 9.36 Å². The summed E-state index contributed by atoms with van der Waals surface area (Å²) in [5.74, 6) is 1.77. The number of amides is 1. The van der Waals surface area contributed by atoms with Crippen molar-refractivity contribution < 1.29 is 9.53 Å². The van der Waals surface area contributed by atoms with Crippen molar-refractivity contribution in [2.24, 2.45) is 0 Å². The second kappa shape index (κ2) is 7.35. The van der Waals surface area contributed by atoms with E-state index in [2.05, 4.69) is 20.3 Å². The van der Waals surface area contributed by atoms with E-state index in [9.17, 15) is 4.79 Å². The Morgan fingerprint density at radius 3 is 2.42 bits per heavy atom. The Morgan fingerprint density at radius 1 is 1.12 bits per heavy atom. The molecule has 134 valence electrons. The molecule has 3 rings (SSSR count). The van der Waals surface area contributed by atoms with E-state index in [1.54, 1.807) is 12.4 Å². The summed E-state index contributed by atoms with van der Waals surface area (Å²) in [6.07, 6.45) is 3.14. The molecule has 2 aromatic heterocycles. The number of nitrogens with one attached hydrogen (secondary N) is 1. The molecule has 0 aliphatic carbocycles. The standard InChI is InChI=1S/C19H21N5O2/c1-12-7-5-6-8-17(12)26-11-18(25)23-16-9-20-19(21-10-16)24-14(3)13(2)22-15(24)4/h5-10H,11H2,1-4H3,(H,23,25). The van der Waals surface area contributed by atoms with Gasteiger partial charge < -0.3 is 10.1 Å². The van der Waals surface area contributed by atoms with Gasteiger partial charge in [0.15, 0.2) is 6.61 Å². The molecule has 1 amide bonds. The first-order valence-corrected chi connectivity index (χ1v) is 8.29. The van der Waals surface area contributed by atoms with E-state index in [-0.39, 0.29) is 12.5 Å². The molecule has 1 aromatic carbocycles. The number of nitrogens with zero attached hydrogens (tertiary/aromatic N) is 4. The number of para-hydroxylation sites is 1. The van der Waals surface area contributed by atoms with Crippen LogP contribution in [0.15, 0.2) is 36.7 Å². The molecular formula is C19H21N5O2. The highest BCUT2D eigenvalue weighted by atomic mass is 16.5. The fourth-order valence-corrected chi connectivity index (χ4v) is 2.63. The molecular weight excluding hydrogens is 330 g/mol. The lowest BCUT2D eigenvalue weighted by Crippen LogP contribution is -2.20. The van der Waals surface area contributed by atoms with Gasteiger partial charge in [-0.2, -0.15) is 0 Å². The second-order valence-electron chi connectivity index (χ2n) is 6.04. The van der Waals surface area contributed by atoms with Gasteiger partial charge in [-0.25, -0.2) is 15.0 Å². The van der Waals surface area contributed by atoms with E-state index in [0.29, 0.717) is 17.4 Å². The van der Waals surface area contributed by atoms with Crippen LogP contribution in [0.25, 0.3) is 5.95 Å². The van der Waals surface area contributed by atoms with Gasteiger partial charge in [-0.05, 0) is 39.3 Å². The van der Waals surface area contributed by atoms with Crippen LogP contribution < -0.4 is 10.1 Å². The van der Waals surface area contributed by atoms with Gasteiger partial charge in [0.05, 0.1) is 23.8 Å². The van der Waals surface area contributed by atoms with Gasteiger partial charge in [0.2, 0.25) is 5.95 Å². The Kier molecular flexibility index (Phi) is 4.97. The van der Waals surface area contributed by atoms with Crippen LogP contribution >= 0.6 is 0 Å². The van der Waals surface area contributed by atoms with Crippen LogP contribution in [-0.4, -0.2) is 32.0 Å². The van der Waals surface area contributed by atoms with Crippen LogP contribution in [0.2, 0.25) is 0 Å². The fraction of sp³-hybridized carbons (Fsp3) is 0.263. The van der Waals surface area contributed by atoms with Crippen LogP contribution in [-0.2, 0) is 4.79 Å². The third-order valence-electron chi connectivity index (χ3n) is 4.09. The highest BCUT2D eigenvalue weighted by Gasteiger charge is 2.12. The average molecular weight is 351 g/mol. The fourth-order valence-electron chi connectivity index (χ4n) is 2.63. The smallest absolute Gasteiger partial charge is 0.262 e. The summed E-state index contributed by atoms with van der Waals surface area (Å²) in [5.41, 5.74) is 3.43. The van der Waals surface area contributed by atoms with Crippen LogP contribution in [0.4, 0.5) is 5.69 Å². The van der Waals surface area contributed by atoms with E-state index in [1.807, 2.05) is 56.5 Å². The van der Waals surface area contributed by atoms with Gasteiger partial charge in [-0.15, -0.1) is 0 Å². The molecule has 1 N–H and O–H groups in total. The van der Waals surface area contributed by atoms with Gasteiger partial charge in [-0.1, -0.05) is 18.2 Å². The predicted octanol–water partition coefficient (Wildman–Crippen LogP) is 2.91. The van der Waals surface area contributed by atoms with Crippen LogP contribution in [0.1, 0.15) is 22.8 Å². The second-order valence-corrected chi connectivity index (χ2v) is 6.04. The summed E-state index contributed by atoms with van der Waals surface area (Å²) in [6, 6.07) is 7.56. The number of anilines is 1. The van der Waals surface area contributed by atoms with Crippen molar-refractivity contribution in [3.8, 4) is 11.7 Å². The SMILES string of the molecule is Cc1ccccc1OCC(=O)Nc1cnc(-n2c(C)nc(C)c2C)nc1. The molecule has 2 heterocycles. The first-order valence-electron chi connectivity index (χ1n) is 8.29. The first-order chi connectivity index (χ1) is 12.5. The number of rotatable bonds is 5. The maximum absolute atomic E-state index is 12.1. The number of aromatic nitrogens is 4. The number of hydrogen-bond acceptors (Lipinski definition) is 5. The number of carbonyl (C=O) groups is 1. The van der Waals surface area contributed by atoms with Crippen molar-refractivity contribution in [2.45, 2.75) is 27.7 Å². The third kappa shape index (κ3) is 3.72. The van der Waals surface area contributed by atoms with Crippen molar-refractivity contribution >= 4 is 11.6 Å². The summed E-state index contributed by atoms with van der Waals surface area (Å²) in [4.78, 5) is 25.1. The zero-order chi connectivity index (χ0) is 18.7. The minimum atomic E-state index is -0.268. The molecule has 0 unspecified atom stereocenters. The van der Waals surface area contributed by atoms with Crippen molar-refractivity contribution in [1.82, 2.24) is 19.5 Å². The molecule has 7 heteroatoms. The van der Waals surface area contributed by atoms with Gasteiger partial charge in [0.25, 0.3) is 5.91 Å². The van der Waals surface area contributed by atoms with Crippen LogP contribution in [0, 0.1) is 27.7 Å². The van der Waals surface area contributed by atoms with Gasteiger partial charge in [0, 0.05) is 5.69 Å². The van der Waals surface area contributed by atoms with Crippen molar-refractivity contribution in [2.75, 3.05) is 11.9 Å². The molecule has 0 radical (unpaired) electrons. The zero-order valence-corrected chi connectivity index (χ0v) is 15.3. The summed E-state index contributed by atoms with van der Waals surface area (Å²) >= 11 is 0. The maximum atomic E-state index is 12.1. The quantitative estimate of drug-likeness (QED) is 0.764. The monoisotopic (exact) mass is 351 g/mol. The van der Waals surface area contributed by atoms with Gasteiger partial charge >= 0.3 is 0 Å². The molecule has 0 saturated carbocycles. The zero-order valence-electron chi connectivity index (χ0n) is 15.3. The molecule has 7 nitrogen and oxygen atoms in total. The summed E-state index contributed by atoms with van der Waals surface area (Å²) in [7, 11) is 0. The Balaban J connectivity index is 1.64. The number of imidazole rings is 1. The molecule has 0 aliphatic rings. The normalized spacial score (nSPS) is 10.6. The Hall–Kier alpha value is -3.22. The number of carbonyl (C=O) groups excluding carboxylic acids is 1. The lowest BCUT2D eigenvalue weighted by atomic mass is 10.2. The molecule has 0 saturated heterocycles. The highest BCUT2D eigenvalue weighted by molar-refractivity contribution is 5.91. The minimum Gasteiger partial charge on any atom is -0.483 e. The number of benzene rings is 1. The molecule has 0 bridgehead atoms. The predicted molar refractivity (Wildman–Crippen MR) is 98.7 cm³/mol. The first kappa shape index (κ1) is 17.6. The maximum Gasteiger partial charge on any atom is 0.262 e. The molecule has 0 atom stereocenters.